The molecule has 1 atom stereocenters. The summed E-state index contributed by atoms with van der Waals surface area (Å²) in [5, 5.41) is 5.37. The van der Waals surface area contributed by atoms with Crippen molar-refractivity contribution in [1.82, 2.24) is 10.2 Å². The first-order chi connectivity index (χ1) is 12.2. The predicted molar refractivity (Wildman–Crippen MR) is 99.4 cm³/mol. The number of nitrogens with one attached hydrogen (secondary N) is 2. The fourth-order valence-corrected chi connectivity index (χ4v) is 3.12. The number of carbonyl (C=O) groups is 1. The van der Waals surface area contributed by atoms with E-state index >= 15 is 0 Å². The molecule has 2 amide bonds. The average molecular weight is 379 g/mol. The maximum absolute atomic E-state index is 13.1. The highest BCUT2D eigenvalue weighted by atomic mass is 32.2. The van der Waals surface area contributed by atoms with Crippen LogP contribution in [0, 0.1) is 5.82 Å². The first kappa shape index (κ1) is 19.9. The predicted octanol–water partition coefficient (Wildman–Crippen LogP) is 2.65. The maximum atomic E-state index is 13.1. The molecule has 0 aliphatic heterocycles. The van der Waals surface area contributed by atoms with Crippen LogP contribution in [-0.2, 0) is 9.84 Å². The third-order valence-corrected chi connectivity index (χ3v) is 4.96. The zero-order valence-corrected chi connectivity index (χ0v) is 15.7. The molecule has 0 saturated heterocycles. The molecule has 0 aliphatic carbocycles. The van der Waals surface area contributed by atoms with Gasteiger partial charge in [-0.15, -0.1) is 0 Å². The Morgan fingerprint density at radius 2 is 1.81 bits per heavy atom. The highest BCUT2D eigenvalue weighted by Crippen LogP contribution is 2.18. The van der Waals surface area contributed by atoms with E-state index < -0.39 is 15.9 Å². The van der Waals surface area contributed by atoms with Crippen LogP contribution in [0.15, 0.2) is 53.4 Å². The van der Waals surface area contributed by atoms with Crippen LogP contribution < -0.4 is 10.6 Å². The standard InChI is InChI=1S/C18H22FN3O3S/c1-22(2)17(13-7-9-14(19)10-8-13)12-20-18(23)21-15-5-4-6-16(11-15)26(3,24)25/h4-11,17H,12H2,1-3H3,(H2,20,21,23). The van der Waals surface area contributed by atoms with Gasteiger partial charge >= 0.3 is 6.03 Å². The summed E-state index contributed by atoms with van der Waals surface area (Å²) in [4.78, 5) is 14.2. The van der Waals surface area contributed by atoms with Crippen LogP contribution >= 0.6 is 0 Å². The Hall–Kier alpha value is -2.45. The molecule has 0 spiro atoms. The Morgan fingerprint density at radius 3 is 2.38 bits per heavy atom. The van der Waals surface area contributed by atoms with Gasteiger partial charge in [0, 0.05) is 18.5 Å². The SMILES string of the molecule is CN(C)C(CNC(=O)Nc1cccc(S(C)(=O)=O)c1)c1ccc(F)cc1. The van der Waals surface area contributed by atoms with E-state index in [1.54, 1.807) is 24.3 Å². The molecule has 0 aromatic heterocycles. The van der Waals surface area contributed by atoms with Gasteiger partial charge in [-0.3, -0.25) is 0 Å². The van der Waals surface area contributed by atoms with Gasteiger partial charge in [-0.2, -0.15) is 0 Å². The van der Waals surface area contributed by atoms with Crippen LogP contribution in [-0.4, -0.2) is 46.2 Å². The van der Waals surface area contributed by atoms with Gasteiger partial charge in [-0.25, -0.2) is 17.6 Å². The normalized spacial score (nSPS) is 12.7. The second-order valence-electron chi connectivity index (χ2n) is 6.17. The molecule has 0 heterocycles. The second-order valence-corrected chi connectivity index (χ2v) is 8.18. The summed E-state index contributed by atoms with van der Waals surface area (Å²) in [5.41, 5.74) is 1.25. The number of anilines is 1. The van der Waals surface area contributed by atoms with Gasteiger partial charge in [0.1, 0.15) is 5.82 Å². The van der Waals surface area contributed by atoms with Crippen molar-refractivity contribution in [3.63, 3.8) is 0 Å². The van der Waals surface area contributed by atoms with E-state index in [0.717, 1.165) is 11.8 Å². The lowest BCUT2D eigenvalue weighted by atomic mass is 10.1. The third-order valence-electron chi connectivity index (χ3n) is 3.85. The summed E-state index contributed by atoms with van der Waals surface area (Å²) in [5.74, 6) is -0.317. The van der Waals surface area contributed by atoms with Crippen molar-refractivity contribution < 1.29 is 17.6 Å². The number of hydrogen-bond donors (Lipinski definition) is 2. The molecule has 2 aromatic rings. The second kappa shape index (κ2) is 8.29. The molecule has 140 valence electrons. The largest absolute Gasteiger partial charge is 0.336 e. The maximum Gasteiger partial charge on any atom is 0.319 e. The summed E-state index contributed by atoms with van der Waals surface area (Å²) < 4.78 is 36.3. The van der Waals surface area contributed by atoms with Crippen molar-refractivity contribution in [3.05, 3.63) is 59.9 Å². The fraction of sp³-hybridized carbons (Fsp3) is 0.278. The number of urea groups is 1. The molecule has 8 heteroatoms. The lowest BCUT2D eigenvalue weighted by Gasteiger charge is -2.25. The number of rotatable bonds is 6. The summed E-state index contributed by atoms with van der Waals surface area (Å²) in [6, 6.07) is 11.6. The van der Waals surface area contributed by atoms with Crippen LogP contribution in [0.2, 0.25) is 0 Å². The van der Waals surface area contributed by atoms with Crippen LogP contribution in [0.5, 0.6) is 0 Å². The van der Waals surface area contributed by atoms with E-state index in [4.69, 9.17) is 0 Å². The first-order valence-corrected chi connectivity index (χ1v) is 9.83. The Balaban J connectivity index is 2.02. The zero-order chi connectivity index (χ0) is 19.3. The molecular weight excluding hydrogens is 357 g/mol. The average Bonchev–Trinajstić information content (AvgIpc) is 2.56. The van der Waals surface area contributed by atoms with Crippen molar-refractivity contribution in [2.24, 2.45) is 0 Å². The minimum atomic E-state index is -3.35. The molecule has 2 N–H and O–H groups in total. The topological polar surface area (TPSA) is 78.5 Å². The molecule has 1 unspecified atom stereocenters. The van der Waals surface area contributed by atoms with Gasteiger partial charge in [0.2, 0.25) is 0 Å². The third kappa shape index (κ3) is 5.53. The van der Waals surface area contributed by atoms with E-state index in [0.29, 0.717) is 12.2 Å². The van der Waals surface area contributed by atoms with E-state index in [9.17, 15) is 17.6 Å². The Morgan fingerprint density at radius 1 is 1.15 bits per heavy atom. The summed E-state index contributed by atoms with van der Waals surface area (Å²) in [7, 11) is 0.382. The van der Waals surface area contributed by atoms with E-state index in [1.165, 1.54) is 24.3 Å². The monoisotopic (exact) mass is 379 g/mol. The van der Waals surface area contributed by atoms with E-state index in [-0.39, 0.29) is 16.8 Å². The molecule has 0 radical (unpaired) electrons. The molecule has 6 nitrogen and oxygen atoms in total. The summed E-state index contributed by atoms with van der Waals surface area (Å²) in [6.45, 7) is 0.302. The lowest BCUT2D eigenvalue weighted by molar-refractivity contribution is 0.243. The Bertz CT molecular complexity index is 868. The minimum Gasteiger partial charge on any atom is -0.336 e. The van der Waals surface area contributed by atoms with Crippen molar-refractivity contribution >= 4 is 21.6 Å². The molecule has 0 saturated carbocycles. The number of nitrogens with zero attached hydrogens (tertiary/aromatic N) is 1. The highest BCUT2D eigenvalue weighted by molar-refractivity contribution is 7.90. The Labute approximate surface area is 152 Å². The van der Waals surface area contributed by atoms with Crippen LogP contribution in [0.1, 0.15) is 11.6 Å². The minimum absolute atomic E-state index is 0.132. The van der Waals surface area contributed by atoms with Crippen molar-refractivity contribution in [2.75, 3.05) is 32.2 Å². The van der Waals surface area contributed by atoms with Crippen LogP contribution in [0.4, 0.5) is 14.9 Å². The summed E-state index contributed by atoms with van der Waals surface area (Å²) >= 11 is 0. The first-order valence-electron chi connectivity index (χ1n) is 7.93. The smallest absolute Gasteiger partial charge is 0.319 e. The molecule has 26 heavy (non-hydrogen) atoms. The lowest BCUT2D eigenvalue weighted by Crippen LogP contribution is -2.36. The van der Waals surface area contributed by atoms with Crippen LogP contribution in [0.3, 0.4) is 0 Å². The van der Waals surface area contributed by atoms with Gasteiger partial charge in [0.25, 0.3) is 0 Å². The molecule has 2 rings (SSSR count). The van der Waals surface area contributed by atoms with Gasteiger partial charge in [-0.1, -0.05) is 18.2 Å². The molecule has 0 fully saturated rings. The van der Waals surface area contributed by atoms with Crippen LogP contribution in [0.25, 0.3) is 0 Å². The quantitative estimate of drug-likeness (QED) is 0.809. The van der Waals surface area contributed by atoms with Gasteiger partial charge in [0.15, 0.2) is 9.84 Å². The molecule has 0 bridgehead atoms. The molecular formula is C18H22FN3O3S. The summed E-state index contributed by atoms with van der Waals surface area (Å²) in [6.07, 6.45) is 1.11. The molecule has 2 aromatic carbocycles. The number of sulfone groups is 1. The number of benzene rings is 2. The van der Waals surface area contributed by atoms with Gasteiger partial charge in [0.05, 0.1) is 10.9 Å². The number of hydrogen-bond acceptors (Lipinski definition) is 4. The fourth-order valence-electron chi connectivity index (χ4n) is 2.45. The number of likely N-dealkylation sites (N-methyl/N-ethyl adjacent to an activating group) is 1. The number of carbonyl (C=O) groups excluding carboxylic acids is 1. The van der Waals surface area contributed by atoms with Gasteiger partial charge in [-0.05, 0) is 50.0 Å². The van der Waals surface area contributed by atoms with Crippen molar-refractivity contribution in [1.29, 1.82) is 0 Å². The van der Waals surface area contributed by atoms with Gasteiger partial charge < -0.3 is 15.5 Å². The highest BCUT2D eigenvalue weighted by Gasteiger charge is 2.16. The van der Waals surface area contributed by atoms with E-state index in [1.807, 2.05) is 19.0 Å². The van der Waals surface area contributed by atoms with Crippen molar-refractivity contribution in [3.8, 4) is 0 Å². The van der Waals surface area contributed by atoms with Crippen molar-refractivity contribution in [2.45, 2.75) is 10.9 Å². The number of halogens is 1. The molecule has 0 aliphatic rings. The zero-order valence-electron chi connectivity index (χ0n) is 14.9. The van der Waals surface area contributed by atoms with E-state index in [2.05, 4.69) is 10.6 Å². The Kier molecular flexibility index (Phi) is 6.33. The number of amides is 2.